The molecule has 1 heterocycles. The molecule has 1 fully saturated rings. The van der Waals surface area contributed by atoms with E-state index in [-0.39, 0.29) is 17.9 Å². The lowest BCUT2D eigenvalue weighted by Crippen LogP contribution is -2.32. The Bertz CT molecular complexity index is 411. The van der Waals surface area contributed by atoms with Crippen LogP contribution in [0.15, 0.2) is 24.3 Å². The van der Waals surface area contributed by atoms with Crippen molar-refractivity contribution >= 4 is 11.6 Å². The molecule has 1 aliphatic rings. The van der Waals surface area contributed by atoms with E-state index in [1.165, 1.54) is 5.56 Å². The van der Waals surface area contributed by atoms with E-state index in [1.54, 1.807) is 0 Å². The van der Waals surface area contributed by atoms with Crippen LogP contribution in [-0.4, -0.2) is 18.5 Å². The minimum Gasteiger partial charge on any atom is -0.326 e. The minimum atomic E-state index is 0.0924. The van der Waals surface area contributed by atoms with Gasteiger partial charge in [0.2, 0.25) is 5.91 Å². The molecule has 1 aromatic rings. The van der Waals surface area contributed by atoms with E-state index in [0.29, 0.717) is 5.92 Å². The summed E-state index contributed by atoms with van der Waals surface area (Å²) in [6, 6.07) is 8.41. The fourth-order valence-corrected chi connectivity index (χ4v) is 2.40. The Morgan fingerprint density at radius 3 is 2.50 bits per heavy atom. The van der Waals surface area contributed by atoms with E-state index < -0.39 is 0 Å². The molecular formula is C15H22N2O. The molecule has 2 rings (SSSR count). The SMILES string of the molecule is CC(C)c1ccc(NC(=O)C2CCNC2C)cc1. The zero-order chi connectivity index (χ0) is 13.1. The number of rotatable bonds is 3. The van der Waals surface area contributed by atoms with Gasteiger partial charge in [-0.05, 0) is 43.5 Å². The second-order valence-corrected chi connectivity index (χ2v) is 5.40. The second-order valence-electron chi connectivity index (χ2n) is 5.40. The van der Waals surface area contributed by atoms with Crippen molar-refractivity contribution in [2.75, 3.05) is 11.9 Å². The molecule has 3 nitrogen and oxygen atoms in total. The number of anilines is 1. The number of amides is 1. The third kappa shape index (κ3) is 2.91. The molecule has 0 radical (unpaired) electrons. The van der Waals surface area contributed by atoms with Gasteiger partial charge in [-0.25, -0.2) is 0 Å². The predicted molar refractivity (Wildman–Crippen MR) is 74.7 cm³/mol. The molecule has 2 atom stereocenters. The van der Waals surface area contributed by atoms with Crippen molar-refractivity contribution in [3.63, 3.8) is 0 Å². The molecule has 1 saturated heterocycles. The number of nitrogens with one attached hydrogen (secondary N) is 2. The van der Waals surface area contributed by atoms with Gasteiger partial charge in [-0.2, -0.15) is 0 Å². The number of hydrogen-bond donors (Lipinski definition) is 2. The zero-order valence-electron chi connectivity index (χ0n) is 11.4. The fourth-order valence-electron chi connectivity index (χ4n) is 2.40. The van der Waals surface area contributed by atoms with Crippen LogP contribution in [-0.2, 0) is 4.79 Å². The Balaban J connectivity index is 1.98. The third-order valence-electron chi connectivity index (χ3n) is 3.71. The van der Waals surface area contributed by atoms with Crippen molar-refractivity contribution in [2.45, 2.75) is 39.2 Å². The van der Waals surface area contributed by atoms with Crippen LogP contribution in [0.5, 0.6) is 0 Å². The van der Waals surface area contributed by atoms with Crippen LogP contribution in [0.4, 0.5) is 5.69 Å². The van der Waals surface area contributed by atoms with Crippen molar-refractivity contribution in [2.24, 2.45) is 5.92 Å². The summed E-state index contributed by atoms with van der Waals surface area (Å²) in [5, 5.41) is 6.30. The van der Waals surface area contributed by atoms with Gasteiger partial charge in [0.25, 0.3) is 0 Å². The lowest BCUT2D eigenvalue weighted by molar-refractivity contribution is -0.119. The van der Waals surface area contributed by atoms with E-state index in [9.17, 15) is 4.79 Å². The number of carbonyl (C=O) groups excluding carboxylic acids is 1. The molecular weight excluding hydrogens is 224 g/mol. The average molecular weight is 246 g/mol. The highest BCUT2D eigenvalue weighted by Crippen LogP contribution is 2.20. The van der Waals surface area contributed by atoms with Crippen LogP contribution in [0.2, 0.25) is 0 Å². The molecule has 1 aromatic carbocycles. The van der Waals surface area contributed by atoms with Gasteiger partial charge in [-0.1, -0.05) is 26.0 Å². The van der Waals surface area contributed by atoms with Crippen LogP contribution < -0.4 is 10.6 Å². The van der Waals surface area contributed by atoms with Crippen molar-refractivity contribution in [1.29, 1.82) is 0 Å². The summed E-state index contributed by atoms with van der Waals surface area (Å²) in [5.74, 6) is 0.744. The molecule has 1 aliphatic heterocycles. The van der Waals surface area contributed by atoms with Crippen LogP contribution in [0, 0.1) is 5.92 Å². The van der Waals surface area contributed by atoms with Crippen molar-refractivity contribution in [3.8, 4) is 0 Å². The highest BCUT2D eigenvalue weighted by atomic mass is 16.1. The minimum absolute atomic E-state index is 0.0924. The predicted octanol–water partition coefficient (Wildman–Crippen LogP) is 2.75. The summed E-state index contributed by atoms with van der Waals surface area (Å²) in [4.78, 5) is 12.1. The molecule has 0 saturated carbocycles. The molecule has 0 bridgehead atoms. The van der Waals surface area contributed by atoms with Crippen LogP contribution >= 0.6 is 0 Å². The van der Waals surface area contributed by atoms with Crippen LogP contribution in [0.25, 0.3) is 0 Å². The molecule has 0 aromatic heterocycles. The Morgan fingerprint density at radius 2 is 2.00 bits per heavy atom. The summed E-state index contributed by atoms with van der Waals surface area (Å²) < 4.78 is 0. The quantitative estimate of drug-likeness (QED) is 0.861. The number of hydrogen-bond acceptors (Lipinski definition) is 2. The van der Waals surface area contributed by atoms with E-state index in [2.05, 4.69) is 43.5 Å². The first-order chi connectivity index (χ1) is 8.58. The van der Waals surface area contributed by atoms with Gasteiger partial charge < -0.3 is 10.6 Å². The van der Waals surface area contributed by atoms with Gasteiger partial charge in [0.05, 0.1) is 5.92 Å². The highest BCUT2D eigenvalue weighted by molar-refractivity contribution is 5.93. The van der Waals surface area contributed by atoms with Crippen LogP contribution in [0.3, 0.4) is 0 Å². The summed E-state index contributed by atoms with van der Waals surface area (Å²) in [7, 11) is 0. The van der Waals surface area contributed by atoms with E-state index >= 15 is 0 Å². The molecule has 2 unspecified atom stereocenters. The molecule has 0 aliphatic carbocycles. The molecule has 98 valence electrons. The summed E-state index contributed by atoms with van der Waals surface area (Å²) in [6.07, 6.45) is 0.928. The Kier molecular flexibility index (Phi) is 4.02. The first kappa shape index (κ1) is 13.1. The second kappa shape index (κ2) is 5.53. The fraction of sp³-hybridized carbons (Fsp3) is 0.533. The zero-order valence-corrected chi connectivity index (χ0v) is 11.4. The Hall–Kier alpha value is -1.35. The standard InChI is InChI=1S/C15H22N2O/c1-10(2)12-4-6-13(7-5-12)17-15(18)14-8-9-16-11(14)3/h4-7,10-11,14,16H,8-9H2,1-3H3,(H,17,18). The largest absolute Gasteiger partial charge is 0.326 e. The Morgan fingerprint density at radius 1 is 1.33 bits per heavy atom. The van der Waals surface area contributed by atoms with E-state index in [0.717, 1.165) is 18.7 Å². The average Bonchev–Trinajstić information content (AvgIpc) is 2.76. The number of benzene rings is 1. The maximum atomic E-state index is 12.1. The topological polar surface area (TPSA) is 41.1 Å². The van der Waals surface area contributed by atoms with Gasteiger partial charge in [-0.15, -0.1) is 0 Å². The molecule has 3 heteroatoms. The summed E-state index contributed by atoms with van der Waals surface area (Å²) in [5.41, 5.74) is 2.19. The third-order valence-corrected chi connectivity index (χ3v) is 3.71. The number of carbonyl (C=O) groups is 1. The smallest absolute Gasteiger partial charge is 0.229 e. The lowest BCUT2D eigenvalue weighted by atomic mass is 10.0. The first-order valence-electron chi connectivity index (χ1n) is 6.72. The molecule has 2 N–H and O–H groups in total. The van der Waals surface area contributed by atoms with Crippen molar-refractivity contribution in [3.05, 3.63) is 29.8 Å². The maximum Gasteiger partial charge on any atom is 0.229 e. The highest BCUT2D eigenvalue weighted by Gasteiger charge is 2.29. The Labute approximate surface area is 109 Å². The normalized spacial score (nSPS) is 23.3. The van der Waals surface area contributed by atoms with Gasteiger partial charge in [0.1, 0.15) is 0 Å². The van der Waals surface area contributed by atoms with E-state index in [1.807, 2.05) is 12.1 Å². The van der Waals surface area contributed by atoms with Gasteiger partial charge in [-0.3, -0.25) is 4.79 Å². The lowest BCUT2D eigenvalue weighted by Gasteiger charge is -2.15. The van der Waals surface area contributed by atoms with Crippen molar-refractivity contribution < 1.29 is 4.79 Å². The van der Waals surface area contributed by atoms with Gasteiger partial charge in [0, 0.05) is 11.7 Å². The molecule has 0 spiro atoms. The van der Waals surface area contributed by atoms with Crippen LogP contribution in [0.1, 0.15) is 38.7 Å². The maximum absolute atomic E-state index is 12.1. The molecule has 18 heavy (non-hydrogen) atoms. The van der Waals surface area contributed by atoms with Crippen molar-refractivity contribution in [1.82, 2.24) is 5.32 Å². The molecule has 1 amide bonds. The summed E-state index contributed by atoms with van der Waals surface area (Å²) in [6.45, 7) is 7.34. The summed E-state index contributed by atoms with van der Waals surface area (Å²) >= 11 is 0. The van der Waals surface area contributed by atoms with Gasteiger partial charge in [0.15, 0.2) is 0 Å². The monoisotopic (exact) mass is 246 g/mol. The van der Waals surface area contributed by atoms with Gasteiger partial charge >= 0.3 is 0 Å². The first-order valence-corrected chi connectivity index (χ1v) is 6.72. The van der Waals surface area contributed by atoms with E-state index in [4.69, 9.17) is 0 Å².